The number of aryl methyl sites for hydroxylation is 1. The largest absolute Gasteiger partial charge is 0.282 e. The predicted octanol–water partition coefficient (Wildman–Crippen LogP) is 3.21. The number of aromatic nitrogens is 2. The number of nitrogens with one attached hydrogen (secondary N) is 1. The molecular weight excluding hydrogens is 329 g/mol. The van der Waals surface area contributed by atoms with Crippen LogP contribution in [0.15, 0.2) is 30.3 Å². The number of sulfonamides is 1. The maximum Gasteiger partial charge on any atom is 0.213 e. The van der Waals surface area contributed by atoms with Crippen molar-refractivity contribution >= 4 is 10.0 Å². The number of halogens is 1. The normalized spacial score (nSPS) is 12.0. The highest BCUT2D eigenvalue weighted by Crippen LogP contribution is 2.18. The third-order valence-corrected chi connectivity index (χ3v) is 5.86. The van der Waals surface area contributed by atoms with E-state index in [1.165, 1.54) is 16.4 Å². The summed E-state index contributed by atoms with van der Waals surface area (Å²) < 4.78 is 38.4. The van der Waals surface area contributed by atoms with Crippen molar-refractivity contribution in [2.45, 2.75) is 32.6 Å². The lowest BCUT2D eigenvalue weighted by molar-refractivity contribution is 0.459. The van der Waals surface area contributed by atoms with E-state index in [1.807, 2.05) is 13.0 Å². The monoisotopic (exact) mass is 353 g/mol. The van der Waals surface area contributed by atoms with Crippen molar-refractivity contribution in [2.75, 3.05) is 19.3 Å². The predicted molar refractivity (Wildman–Crippen MR) is 93.6 cm³/mol. The minimum absolute atomic E-state index is 0.207. The lowest BCUT2D eigenvalue weighted by Crippen LogP contribution is -2.30. The molecule has 0 fully saturated rings. The molecule has 1 aromatic heterocycles. The van der Waals surface area contributed by atoms with Crippen molar-refractivity contribution in [3.8, 4) is 11.3 Å². The van der Waals surface area contributed by atoms with E-state index in [9.17, 15) is 12.8 Å². The molecule has 1 N–H and O–H groups in total. The van der Waals surface area contributed by atoms with Crippen LogP contribution in [-0.4, -0.2) is 42.3 Å². The van der Waals surface area contributed by atoms with E-state index >= 15 is 0 Å². The van der Waals surface area contributed by atoms with Crippen LogP contribution in [0.3, 0.4) is 0 Å². The van der Waals surface area contributed by atoms with Crippen molar-refractivity contribution < 1.29 is 12.8 Å². The Bertz CT molecular complexity index is 741. The van der Waals surface area contributed by atoms with E-state index in [2.05, 4.69) is 10.2 Å². The van der Waals surface area contributed by atoms with Crippen molar-refractivity contribution in [1.29, 1.82) is 0 Å². The van der Waals surface area contributed by atoms with Crippen LogP contribution in [0.4, 0.5) is 4.39 Å². The van der Waals surface area contributed by atoms with Gasteiger partial charge in [-0.2, -0.15) is 5.10 Å². The lowest BCUT2D eigenvalue weighted by atomic mass is 10.1. The smallest absolute Gasteiger partial charge is 0.213 e. The van der Waals surface area contributed by atoms with Crippen LogP contribution < -0.4 is 0 Å². The first-order chi connectivity index (χ1) is 11.4. The number of unbranched alkanes of at least 4 members (excludes halogenated alkanes) is 1. The molecule has 1 heterocycles. The van der Waals surface area contributed by atoms with Gasteiger partial charge in [-0.1, -0.05) is 13.3 Å². The molecule has 0 saturated heterocycles. The topological polar surface area (TPSA) is 66.1 Å². The maximum atomic E-state index is 12.9. The zero-order valence-electron chi connectivity index (χ0n) is 14.1. The van der Waals surface area contributed by atoms with E-state index in [4.69, 9.17) is 0 Å². The second kappa shape index (κ2) is 8.39. The van der Waals surface area contributed by atoms with E-state index in [0.717, 1.165) is 23.4 Å². The maximum absolute atomic E-state index is 12.9. The molecule has 2 aromatic rings. The Morgan fingerprint density at radius 3 is 2.58 bits per heavy atom. The molecule has 0 spiro atoms. The Labute approximate surface area is 142 Å². The van der Waals surface area contributed by atoms with Gasteiger partial charge in [0, 0.05) is 24.8 Å². The average molecular weight is 353 g/mol. The van der Waals surface area contributed by atoms with Crippen LogP contribution >= 0.6 is 0 Å². The summed E-state index contributed by atoms with van der Waals surface area (Å²) in [5.74, 6) is -0.0690. The summed E-state index contributed by atoms with van der Waals surface area (Å²) in [6, 6.07) is 8.09. The van der Waals surface area contributed by atoms with Crippen LogP contribution in [0.25, 0.3) is 11.3 Å². The summed E-state index contributed by atoms with van der Waals surface area (Å²) in [5.41, 5.74) is 2.54. The van der Waals surface area contributed by atoms with Crippen LogP contribution in [0.5, 0.6) is 0 Å². The van der Waals surface area contributed by atoms with Gasteiger partial charge in [0.25, 0.3) is 0 Å². The van der Waals surface area contributed by atoms with E-state index in [0.29, 0.717) is 25.8 Å². The highest BCUT2D eigenvalue weighted by atomic mass is 32.2. The number of H-pyrrole nitrogens is 1. The minimum atomic E-state index is -3.15. The molecule has 0 aliphatic heterocycles. The molecule has 0 unspecified atom stereocenters. The molecule has 0 amide bonds. The summed E-state index contributed by atoms with van der Waals surface area (Å²) in [7, 11) is -1.52. The van der Waals surface area contributed by atoms with Gasteiger partial charge in [0.2, 0.25) is 10.0 Å². The number of benzene rings is 1. The molecule has 2 rings (SSSR count). The molecule has 0 bridgehead atoms. The molecule has 0 saturated carbocycles. The van der Waals surface area contributed by atoms with Gasteiger partial charge >= 0.3 is 0 Å². The Morgan fingerprint density at radius 2 is 1.92 bits per heavy atom. The highest BCUT2D eigenvalue weighted by molar-refractivity contribution is 7.89. The van der Waals surface area contributed by atoms with Crippen molar-refractivity contribution in [2.24, 2.45) is 0 Å². The van der Waals surface area contributed by atoms with Gasteiger partial charge < -0.3 is 0 Å². The van der Waals surface area contributed by atoms with Gasteiger partial charge in [0.15, 0.2) is 0 Å². The summed E-state index contributed by atoms with van der Waals surface area (Å²) in [4.78, 5) is 0. The summed E-state index contributed by atoms with van der Waals surface area (Å²) in [6.45, 7) is 2.46. The molecule has 7 heteroatoms. The Morgan fingerprint density at radius 1 is 1.21 bits per heavy atom. The highest BCUT2D eigenvalue weighted by Gasteiger charge is 2.16. The van der Waals surface area contributed by atoms with Crippen LogP contribution in [-0.2, 0) is 16.4 Å². The molecule has 0 atom stereocenters. The van der Waals surface area contributed by atoms with E-state index in [1.54, 1.807) is 19.2 Å². The number of aromatic amines is 1. The molecule has 5 nitrogen and oxygen atoms in total. The molecule has 24 heavy (non-hydrogen) atoms. The first kappa shape index (κ1) is 18.6. The fraction of sp³-hybridized carbons (Fsp3) is 0.471. The van der Waals surface area contributed by atoms with Gasteiger partial charge in [-0.05, 0) is 49.6 Å². The Kier molecular flexibility index (Phi) is 6.51. The van der Waals surface area contributed by atoms with E-state index < -0.39 is 10.0 Å². The fourth-order valence-electron chi connectivity index (χ4n) is 2.37. The van der Waals surface area contributed by atoms with Crippen molar-refractivity contribution in [3.63, 3.8) is 0 Å². The SMILES string of the molecule is CCCCS(=O)(=O)N(C)CCCc1cc(-c2ccc(F)cc2)n[nH]1. The van der Waals surface area contributed by atoms with Crippen molar-refractivity contribution in [1.82, 2.24) is 14.5 Å². The molecule has 0 radical (unpaired) electrons. The van der Waals surface area contributed by atoms with Gasteiger partial charge in [-0.15, -0.1) is 0 Å². The third-order valence-electron chi connectivity index (χ3n) is 3.92. The van der Waals surface area contributed by atoms with E-state index in [-0.39, 0.29) is 11.6 Å². The zero-order valence-corrected chi connectivity index (χ0v) is 14.9. The van der Waals surface area contributed by atoms with Crippen LogP contribution in [0.1, 0.15) is 31.9 Å². The molecular formula is C17H24FN3O2S. The molecule has 0 aliphatic rings. The zero-order chi connectivity index (χ0) is 17.6. The number of hydrogen-bond donors (Lipinski definition) is 1. The van der Waals surface area contributed by atoms with Crippen LogP contribution in [0.2, 0.25) is 0 Å². The van der Waals surface area contributed by atoms with Gasteiger partial charge in [-0.3, -0.25) is 5.10 Å². The summed E-state index contributed by atoms with van der Waals surface area (Å²) in [5, 5.41) is 7.18. The lowest BCUT2D eigenvalue weighted by Gasteiger charge is -2.16. The summed E-state index contributed by atoms with van der Waals surface area (Å²) >= 11 is 0. The number of rotatable bonds is 9. The number of hydrogen-bond acceptors (Lipinski definition) is 3. The van der Waals surface area contributed by atoms with Gasteiger partial charge in [-0.25, -0.2) is 17.1 Å². The average Bonchev–Trinajstić information content (AvgIpc) is 3.02. The Hall–Kier alpha value is -1.73. The summed E-state index contributed by atoms with van der Waals surface area (Å²) in [6.07, 6.45) is 2.98. The Balaban J connectivity index is 1.86. The van der Waals surface area contributed by atoms with Gasteiger partial charge in [0.05, 0.1) is 11.4 Å². The molecule has 0 aliphatic carbocycles. The van der Waals surface area contributed by atoms with Crippen molar-refractivity contribution in [3.05, 3.63) is 41.8 Å². The second-order valence-corrected chi connectivity index (χ2v) is 8.08. The first-order valence-electron chi connectivity index (χ1n) is 8.16. The standard InChI is InChI=1S/C17H24FN3O2S/c1-3-4-12-24(22,23)21(2)11-5-6-16-13-17(20-19-16)14-7-9-15(18)10-8-14/h7-10,13H,3-6,11-12H2,1-2H3,(H,19,20). The van der Waals surface area contributed by atoms with Crippen LogP contribution in [0, 0.1) is 5.82 Å². The minimum Gasteiger partial charge on any atom is -0.282 e. The first-order valence-corrected chi connectivity index (χ1v) is 9.77. The van der Waals surface area contributed by atoms with Gasteiger partial charge in [0.1, 0.15) is 5.82 Å². The second-order valence-electron chi connectivity index (χ2n) is 5.88. The quantitative estimate of drug-likeness (QED) is 0.753. The fourth-order valence-corrected chi connectivity index (χ4v) is 3.74. The molecule has 132 valence electrons. The third kappa shape index (κ3) is 5.14. The molecule has 1 aromatic carbocycles. The number of nitrogens with zero attached hydrogens (tertiary/aromatic N) is 2.